The molecule has 2 heterocycles. The standard InChI is InChI=1S/C18H20N4O2S2/c1-14-13-25-18(21-14)15(11-19)12-20-16-6-5-7-17(10-16)26(23,24)22-8-3-2-4-9-22/h5-7,10,12-13,20H,2-4,8-9H2,1H3/b15-12+. The van der Waals surface area contributed by atoms with Gasteiger partial charge in [-0.25, -0.2) is 13.4 Å². The number of anilines is 1. The van der Waals surface area contributed by atoms with Gasteiger partial charge in [0.1, 0.15) is 16.6 Å². The van der Waals surface area contributed by atoms with Gasteiger partial charge in [-0.15, -0.1) is 11.3 Å². The van der Waals surface area contributed by atoms with Crippen LogP contribution >= 0.6 is 11.3 Å². The molecule has 2 aromatic rings. The Morgan fingerprint density at radius 2 is 2.12 bits per heavy atom. The lowest BCUT2D eigenvalue weighted by molar-refractivity contribution is 0.346. The first-order chi connectivity index (χ1) is 12.5. The fraction of sp³-hybridized carbons (Fsp3) is 0.333. The average Bonchev–Trinajstić information content (AvgIpc) is 3.09. The minimum absolute atomic E-state index is 0.265. The molecule has 1 N–H and O–H groups in total. The van der Waals surface area contributed by atoms with Gasteiger partial charge in [0.15, 0.2) is 0 Å². The summed E-state index contributed by atoms with van der Waals surface area (Å²) in [6.07, 6.45) is 4.44. The number of piperidine rings is 1. The monoisotopic (exact) mass is 388 g/mol. The van der Waals surface area contributed by atoms with Crippen LogP contribution in [0.1, 0.15) is 30.0 Å². The number of benzene rings is 1. The van der Waals surface area contributed by atoms with Crippen molar-refractivity contribution < 1.29 is 8.42 Å². The van der Waals surface area contributed by atoms with E-state index >= 15 is 0 Å². The van der Waals surface area contributed by atoms with Gasteiger partial charge < -0.3 is 5.32 Å². The van der Waals surface area contributed by atoms with E-state index in [1.54, 1.807) is 34.8 Å². The fourth-order valence-corrected chi connectivity index (χ4v) is 5.10. The number of nitrogens with one attached hydrogen (secondary N) is 1. The molecule has 136 valence electrons. The molecule has 0 spiro atoms. The Kier molecular flexibility index (Phi) is 5.71. The van der Waals surface area contributed by atoms with Gasteiger partial charge in [-0.2, -0.15) is 9.57 Å². The smallest absolute Gasteiger partial charge is 0.243 e. The van der Waals surface area contributed by atoms with Crippen LogP contribution in [0.25, 0.3) is 5.57 Å². The van der Waals surface area contributed by atoms with Gasteiger partial charge in [0.25, 0.3) is 0 Å². The predicted octanol–water partition coefficient (Wildman–Crippen LogP) is 3.60. The van der Waals surface area contributed by atoms with Crippen molar-refractivity contribution in [2.45, 2.75) is 31.1 Å². The Balaban J connectivity index is 1.81. The summed E-state index contributed by atoms with van der Waals surface area (Å²) < 4.78 is 27.1. The molecule has 1 fully saturated rings. The van der Waals surface area contributed by atoms with Crippen molar-refractivity contribution in [2.24, 2.45) is 0 Å². The molecule has 8 heteroatoms. The number of aryl methyl sites for hydroxylation is 1. The molecule has 0 unspecified atom stereocenters. The molecule has 0 bridgehead atoms. The zero-order chi connectivity index (χ0) is 18.6. The quantitative estimate of drug-likeness (QED) is 0.791. The minimum Gasteiger partial charge on any atom is -0.360 e. The molecule has 0 atom stereocenters. The van der Waals surface area contributed by atoms with E-state index in [4.69, 9.17) is 0 Å². The molecule has 1 aromatic carbocycles. The van der Waals surface area contributed by atoms with Gasteiger partial charge in [-0.05, 0) is 38.0 Å². The number of aromatic nitrogens is 1. The molecule has 0 saturated carbocycles. The number of sulfonamides is 1. The number of allylic oxidation sites excluding steroid dienone is 1. The lowest BCUT2D eigenvalue weighted by atomic mass is 10.2. The SMILES string of the molecule is Cc1csc(/C(C#N)=C/Nc2cccc(S(=O)(=O)N3CCCCC3)c2)n1. The van der Waals surface area contributed by atoms with Crippen LogP contribution < -0.4 is 5.32 Å². The van der Waals surface area contributed by atoms with E-state index < -0.39 is 10.0 Å². The van der Waals surface area contributed by atoms with Crippen molar-refractivity contribution in [3.8, 4) is 6.07 Å². The van der Waals surface area contributed by atoms with E-state index in [-0.39, 0.29) is 4.90 Å². The van der Waals surface area contributed by atoms with Gasteiger partial charge in [-0.1, -0.05) is 12.5 Å². The zero-order valence-electron chi connectivity index (χ0n) is 14.5. The van der Waals surface area contributed by atoms with Crippen LogP contribution in [0.15, 0.2) is 40.7 Å². The lowest BCUT2D eigenvalue weighted by Crippen LogP contribution is -2.35. The third kappa shape index (κ3) is 4.12. The Bertz CT molecular complexity index is 952. The molecule has 0 aliphatic carbocycles. The molecule has 1 aromatic heterocycles. The lowest BCUT2D eigenvalue weighted by Gasteiger charge is -2.26. The Hall–Kier alpha value is -2.21. The second kappa shape index (κ2) is 7.99. The molecular formula is C18H20N4O2S2. The Morgan fingerprint density at radius 3 is 2.77 bits per heavy atom. The summed E-state index contributed by atoms with van der Waals surface area (Å²) in [6, 6.07) is 8.80. The van der Waals surface area contributed by atoms with Gasteiger partial charge in [-0.3, -0.25) is 0 Å². The summed E-state index contributed by atoms with van der Waals surface area (Å²) in [5.41, 5.74) is 1.89. The van der Waals surface area contributed by atoms with Gasteiger partial charge in [0, 0.05) is 36.1 Å². The number of nitrogens with zero attached hydrogens (tertiary/aromatic N) is 3. The Labute approximate surface area is 157 Å². The summed E-state index contributed by atoms with van der Waals surface area (Å²) in [5, 5.41) is 14.9. The average molecular weight is 389 g/mol. The summed E-state index contributed by atoms with van der Waals surface area (Å²) in [4.78, 5) is 4.56. The van der Waals surface area contributed by atoms with Crippen molar-refractivity contribution in [2.75, 3.05) is 18.4 Å². The first kappa shape index (κ1) is 18.6. The highest BCUT2D eigenvalue weighted by Crippen LogP contribution is 2.24. The highest BCUT2D eigenvalue weighted by Gasteiger charge is 2.25. The van der Waals surface area contributed by atoms with Crippen LogP contribution in [0.2, 0.25) is 0 Å². The summed E-state index contributed by atoms with van der Waals surface area (Å²) in [6.45, 7) is 3.01. The van der Waals surface area contributed by atoms with Gasteiger partial charge >= 0.3 is 0 Å². The topological polar surface area (TPSA) is 86.1 Å². The molecule has 1 aliphatic heterocycles. The van der Waals surface area contributed by atoms with Crippen LogP contribution in [-0.2, 0) is 10.0 Å². The van der Waals surface area contributed by atoms with Crippen molar-refractivity contribution >= 4 is 32.6 Å². The van der Waals surface area contributed by atoms with E-state index in [1.807, 2.05) is 12.3 Å². The third-order valence-corrected chi connectivity index (χ3v) is 7.03. The van der Waals surface area contributed by atoms with E-state index in [1.165, 1.54) is 11.3 Å². The summed E-state index contributed by atoms with van der Waals surface area (Å²) >= 11 is 1.40. The highest BCUT2D eigenvalue weighted by molar-refractivity contribution is 7.89. The van der Waals surface area contributed by atoms with Crippen LogP contribution in [0.3, 0.4) is 0 Å². The maximum atomic E-state index is 12.8. The largest absolute Gasteiger partial charge is 0.360 e. The second-order valence-corrected chi connectivity index (χ2v) is 8.90. The van der Waals surface area contributed by atoms with E-state index in [2.05, 4.69) is 16.4 Å². The van der Waals surface area contributed by atoms with Crippen molar-refractivity contribution in [3.63, 3.8) is 0 Å². The van der Waals surface area contributed by atoms with E-state index in [9.17, 15) is 13.7 Å². The molecule has 0 radical (unpaired) electrons. The molecule has 0 amide bonds. The van der Waals surface area contributed by atoms with Crippen molar-refractivity contribution in [1.82, 2.24) is 9.29 Å². The molecule has 1 aliphatic rings. The minimum atomic E-state index is -3.48. The number of hydrogen-bond acceptors (Lipinski definition) is 6. The first-order valence-corrected chi connectivity index (χ1v) is 10.7. The van der Waals surface area contributed by atoms with Crippen LogP contribution in [0, 0.1) is 18.3 Å². The number of hydrogen-bond donors (Lipinski definition) is 1. The van der Waals surface area contributed by atoms with E-state index in [0.717, 1.165) is 25.0 Å². The fourth-order valence-electron chi connectivity index (χ4n) is 2.78. The maximum Gasteiger partial charge on any atom is 0.243 e. The number of rotatable bonds is 5. The molecule has 1 saturated heterocycles. The van der Waals surface area contributed by atoms with Crippen LogP contribution in [-0.4, -0.2) is 30.8 Å². The molecule has 26 heavy (non-hydrogen) atoms. The maximum absolute atomic E-state index is 12.8. The first-order valence-electron chi connectivity index (χ1n) is 8.40. The predicted molar refractivity (Wildman–Crippen MR) is 103 cm³/mol. The number of thiazole rings is 1. The molecule has 3 rings (SSSR count). The van der Waals surface area contributed by atoms with Crippen LogP contribution in [0.5, 0.6) is 0 Å². The normalized spacial score (nSPS) is 16.2. The second-order valence-electron chi connectivity index (χ2n) is 6.10. The van der Waals surface area contributed by atoms with Crippen LogP contribution in [0.4, 0.5) is 5.69 Å². The molecular weight excluding hydrogens is 368 g/mol. The summed E-state index contributed by atoms with van der Waals surface area (Å²) in [5.74, 6) is 0. The zero-order valence-corrected chi connectivity index (χ0v) is 16.1. The highest BCUT2D eigenvalue weighted by atomic mass is 32.2. The molecule has 6 nitrogen and oxygen atoms in total. The van der Waals surface area contributed by atoms with E-state index in [0.29, 0.717) is 29.4 Å². The summed E-state index contributed by atoms with van der Waals surface area (Å²) in [7, 11) is -3.48. The van der Waals surface area contributed by atoms with Gasteiger partial charge in [0.05, 0.1) is 4.90 Å². The number of nitriles is 1. The third-order valence-electron chi connectivity index (χ3n) is 4.14. The van der Waals surface area contributed by atoms with Gasteiger partial charge in [0.2, 0.25) is 10.0 Å². The Morgan fingerprint density at radius 1 is 1.35 bits per heavy atom. The van der Waals surface area contributed by atoms with Crippen molar-refractivity contribution in [1.29, 1.82) is 5.26 Å². The van der Waals surface area contributed by atoms with Crippen molar-refractivity contribution in [3.05, 3.63) is 46.5 Å².